The SMILES string of the molecule is CC(C)NC(C)(CCCN(C)CC1CCCOC1)C(=O)O. The number of carboxylic acids is 1. The first-order chi connectivity index (χ1) is 9.83. The lowest BCUT2D eigenvalue weighted by molar-refractivity contribution is -0.144. The summed E-state index contributed by atoms with van der Waals surface area (Å²) in [6, 6.07) is 0.170. The van der Waals surface area contributed by atoms with E-state index in [0.29, 0.717) is 12.3 Å². The van der Waals surface area contributed by atoms with Crippen molar-refractivity contribution in [1.82, 2.24) is 10.2 Å². The van der Waals surface area contributed by atoms with E-state index in [4.69, 9.17) is 4.74 Å². The molecule has 1 fully saturated rings. The van der Waals surface area contributed by atoms with Crippen LogP contribution in [0.4, 0.5) is 0 Å². The molecule has 0 spiro atoms. The minimum Gasteiger partial charge on any atom is -0.480 e. The monoisotopic (exact) mass is 300 g/mol. The molecule has 0 amide bonds. The molecule has 0 aromatic rings. The van der Waals surface area contributed by atoms with E-state index in [1.54, 1.807) is 6.92 Å². The van der Waals surface area contributed by atoms with Crippen molar-refractivity contribution in [2.75, 3.05) is 33.4 Å². The summed E-state index contributed by atoms with van der Waals surface area (Å²) in [6.07, 6.45) is 3.93. The fraction of sp³-hybridized carbons (Fsp3) is 0.938. The summed E-state index contributed by atoms with van der Waals surface area (Å²) in [5, 5.41) is 12.6. The number of rotatable bonds is 9. The Morgan fingerprint density at radius 3 is 2.76 bits per heavy atom. The van der Waals surface area contributed by atoms with Gasteiger partial charge in [-0.1, -0.05) is 0 Å². The van der Waals surface area contributed by atoms with E-state index >= 15 is 0 Å². The van der Waals surface area contributed by atoms with E-state index in [0.717, 1.165) is 39.1 Å². The molecular formula is C16H32N2O3. The maximum absolute atomic E-state index is 11.5. The van der Waals surface area contributed by atoms with E-state index in [1.807, 2.05) is 13.8 Å². The summed E-state index contributed by atoms with van der Waals surface area (Å²) in [7, 11) is 2.11. The molecule has 5 nitrogen and oxygen atoms in total. The average Bonchev–Trinajstić information content (AvgIpc) is 2.38. The van der Waals surface area contributed by atoms with Crippen LogP contribution in [0.15, 0.2) is 0 Å². The molecular weight excluding hydrogens is 268 g/mol. The normalized spacial score (nSPS) is 22.5. The third kappa shape index (κ3) is 6.76. The van der Waals surface area contributed by atoms with Crippen LogP contribution in [0.25, 0.3) is 0 Å². The molecule has 124 valence electrons. The van der Waals surface area contributed by atoms with Crippen LogP contribution in [0.2, 0.25) is 0 Å². The number of nitrogens with zero attached hydrogens (tertiary/aromatic N) is 1. The lowest BCUT2D eigenvalue weighted by Crippen LogP contribution is -2.52. The molecule has 2 unspecified atom stereocenters. The molecule has 0 aromatic carbocycles. The van der Waals surface area contributed by atoms with Crippen LogP contribution in [-0.4, -0.2) is 60.9 Å². The van der Waals surface area contributed by atoms with Crippen LogP contribution >= 0.6 is 0 Å². The molecule has 0 radical (unpaired) electrons. The van der Waals surface area contributed by atoms with E-state index < -0.39 is 11.5 Å². The maximum atomic E-state index is 11.5. The van der Waals surface area contributed by atoms with Crippen LogP contribution in [-0.2, 0) is 9.53 Å². The number of carboxylic acid groups (broad SMARTS) is 1. The van der Waals surface area contributed by atoms with Crippen LogP contribution in [0.1, 0.15) is 46.5 Å². The van der Waals surface area contributed by atoms with Crippen molar-refractivity contribution in [3.05, 3.63) is 0 Å². The van der Waals surface area contributed by atoms with Gasteiger partial charge in [0.1, 0.15) is 5.54 Å². The van der Waals surface area contributed by atoms with Crippen molar-refractivity contribution >= 4 is 5.97 Å². The molecule has 1 rings (SSSR count). The summed E-state index contributed by atoms with van der Waals surface area (Å²) in [5.41, 5.74) is -0.830. The Labute approximate surface area is 129 Å². The molecule has 5 heteroatoms. The highest BCUT2D eigenvalue weighted by Gasteiger charge is 2.32. The van der Waals surface area contributed by atoms with Gasteiger partial charge in [0, 0.05) is 19.2 Å². The van der Waals surface area contributed by atoms with Gasteiger partial charge in [-0.3, -0.25) is 10.1 Å². The van der Waals surface area contributed by atoms with Gasteiger partial charge in [0.05, 0.1) is 6.61 Å². The molecule has 0 aromatic heterocycles. The van der Waals surface area contributed by atoms with E-state index in [1.165, 1.54) is 6.42 Å². The van der Waals surface area contributed by atoms with Gasteiger partial charge in [0.2, 0.25) is 0 Å². The van der Waals surface area contributed by atoms with Crippen molar-refractivity contribution in [2.24, 2.45) is 5.92 Å². The minimum absolute atomic E-state index is 0.170. The number of aliphatic carboxylic acids is 1. The van der Waals surface area contributed by atoms with Crippen molar-refractivity contribution in [3.8, 4) is 0 Å². The fourth-order valence-electron chi connectivity index (χ4n) is 3.06. The Morgan fingerprint density at radius 2 is 2.24 bits per heavy atom. The third-order valence-corrected chi connectivity index (χ3v) is 4.12. The van der Waals surface area contributed by atoms with Crippen LogP contribution in [0.3, 0.4) is 0 Å². The summed E-state index contributed by atoms with van der Waals surface area (Å²) < 4.78 is 5.50. The molecule has 1 aliphatic heterocycles. The highest BCUT2D eigenvalue weighted by Crippen LogP contribution is 2.17. The molecule has 1 heterocycles. The lowest BCUT2D eigenvalue weighted by atomic mass is 9.94. The topological polar surface area (TPSA) is 61.8 Å². The Kier molecular flexibility index (Phi) is 7.63. The summed E-state index contributed by atoms with van der Waals surface area (Å²) in [5.74, 6) is -0.136. The quantitative estimate of drug-likeness (QED) is 0.681. The Morgan fingerprint density at radius 1 is 1.52 bits per heavy atom. The van der Waals surface area contributed by atoms with Gasteiger partial charge in [0.25, 0.3) is 0 Å². The second kappa shape index (κ2) is 8.71. The van der Waals surface area contributed by atoms with Gasteiger partial charge in [0.15, 0.2) is 0 Å². The zero-order chi connectivity index (χ0) is 15.9. The molecule has 0 bridgehead atoms. The molecule has 2 N–H and O–H groups in total. The smallest absolute Gasteiger partial charge is 0.323 e. The third-order valence-electron chi connectivity index (χ3n) is 4.12. The average molecular weight is 300 g/mol. The molecule has 21 heavy (non-hydrogen) atoms. The Bertz CT molecular complexity index is 317. The van der Waals surface area contributed by atoms with Crippen molar-refractivity contribution < 1.29 is 14.6 Å². The van der Waals surface area contributed by atoms with Gasteiger partial charge in [-0.2, -0.15) is 0 Å². The predicted octanol–water partition coefficient (Wildman–Crippen LogP) is 1.97. The first kappa shape index (κ1) is 18.4. The standard InChI is InChI=1S/C16H32N2O3/c1-13(2)17-16(3,15(19)20)8-6-9-18(4)11-14-7-5-10-21-12-14/h13-14,17H,5-12H2,1-4H3,(H,19,20). The van der Waals surface area contributed by atoms with Gasteiger partial charge in [-0.15, -0.1) is 0 Å². The summed E-state index contributed by atoms with van der Waals surface area (Å²) >= 11 is 0. The zero-order valence-electron chi connectivity index (χ0n) is 14.0. The first-order valence-corrected chi connectivity index (χ1v) is 8.11. The number of ether oxygens (including phenoxy) is 1. The van der Waals surface area contributed by atoms with E-state index in [2.05, 4.69) is 17.3 Å². The minimum atomic E-state index is -0.830. The van der Waals surface area contributed by atoms with Gasteiger partial charge >= 0.3 is 5.97 Å². The number of nitrogens with one attached hydrogen (secondary N) is 1. The van der Waals surface area contributed by atoms with Crippen molar-refractivity contribution in [3.63, 3.8) is 0 Å². The zero-order valence-corrected chi connectivity index (χ0v) is 14.0. The summed E-state index contributed by atoms with van der Waals surface area (Å²) in [6.45, 7) is 9.49. The van der Waals surface area contributed by atoms with Crippen LogP contribution < -0.4 is 5.32 Å². The lowest BCUT2D eigenvalue weighted by Gasteiger charge is -2.30. The van der Waals surface area contributed by atoms with Crippen LogP contribution in [0.5, 0.6) is 0 Å². The van der Waals surface area contributed by atoms with E-state index in [9.17, 15) is 9.90 Å². The highest BCUT2D eigenvalue weighted by molar-refractivity contribution is 5.78. The van der Waals surface area contributed by atoms with Gasteiger partial charge in [-0.25, -0.2) is 0 Å². The van der Waals surface area contributed by atoms with Gasteiger partial charge < -0.3 is 14.7 Å². The Hall–Kier alpha value is -0.650. The van der Waals surface area contributed by atoms with Crippen molar-refractivity contribution in [1.29, 1.82) is 0 Å². The predicted molar refractivity (Wildman–Crippen MR) is 84.6 cm³/mol. The Balaban J connectivity index is 2.30. The summed E-state index contributed by atoms with van der Waals surface area (Å²) in [4.78, 5) is 13.8. The first-order valence-electron chi connectivity index (χ1n) is 8.11. The molecule has 1 aliphatic rings. The largest absolute Gasteiger partial charge is 0.480 e. The fourth-order valence-corrected chi connectivity index (χ4v) is 3.06. The van der Waals surface area contributed by atoms with E-state index in [-0.39, 0.29) is 6.04 Å². The van der Waals surface area contributed by atoms with Crippen LogP contribution in [0, 0.1) is 5.92 Å². The highest BCUT2D eigenvalue weighted by atomic mass is 16.5. The second-order valence-corrected chi connectivity index (χ2v) is 6.89. The molecule has 0 aliphatic carbocycles. The maximum Gasteiger partial charge on any atom is 0.323 e. The van der Waals surface area contributed by atoms with Gasteiger partial charge in [-0.05, 0) is 66.0 Å². The molecule has 1 saturated heterocycles. The van der Waals surface area contributed by atoms with Crippen molar-refractivity contribution in [2.45, 2.75) is 58.0 Å². The number of hydrogen-bond donors (Lipinski definition) is 2. The molecule has 2 atom stereocenters. The second-order valence-electron chi connectivity index (χ2n) is 6.89. The number of hydrogen-bond acceptors (Lipinski definition) is 4. The molecule has 0 saturated carbocycles. The number of carbonyl (C=O) groups is 1.